The highest BCUT2D eigenvalue weighted by Gasteiger charge is 2.16. The van der Waals surface area contributed by atoms with E-state index in [1.165, 1.54) is 4.90 Å². The van der Waals surface area contributed by atoms with Gasteiger partial charge in [-0.1, -0.05) is 6.92 Å². The zero-order valence-corrected chi connectivity index (χ0v) is 9.75. The lowest BCUT2D eigenvalue weighted by atomic mass is 10.1. The molecule has 0 aliphatic rings. The van der Waals surface area contributed by atoms with Gasteiger partial charge in [-0.2, -0.15) is 0 Å². The minimum absolute atomic E-state index is 0.0598. The van der Waals surface area contributed by atoms with E-state index in [2.05, 4.69) is 5.32 Å². The quantitative estimate of drug-likeness (QED) is 0.639. The van der Waals surface area contributed by atoms with Crippen molar-refractivity contribution >= 4 is 11.8 Å². The van der Waals surface area contributed by atoms with Gasteiger partial charge in [0.1, 0.15) is 0 Å². The molecule has 0 aromatic carbocycles. The Morgan fingerprint density at radius 1 is 1.40 bits per heavy atom. The topological polar surface area (TPSA) is 75.4 Å². The lowest BCUT2D eigenvalue weighted by Gasteiger charge is -2.21. The molecule has 88 valence electrons. The van der Waals surface area contributed by atoms with Gasteiger partial charge in [-0.25, -0.2) is 0 Å². The second kappa shape index (κ2) is 7.23. The van der Waals surface area contributed by atoms with Gasteiger partial charge in [-0.3, -0.25) is 9.59 Å². The fourth-order valence-corrected chi connectivity index (χ4v) is 1.13. The summed E-state index contributed by atoms with van der Waals surface area (Å²) < 4.78 is 0. The van der Waals surface area contributed by atoms with Crippen LogP contribution in [-0.4, -0.2) is 42.9 Å². The summed E-state index contributed by atoms with van der Waals surface area (Å²) in [5.74, 6) is -0.217. The molecule has 3 N–H and O–H groups in total. The minimum Gasteiger partial charge on any atom is -0.358 e. The molecule has 0 aromatic heterocycles. The van der Waals surface area contributed by atoms with E-state index in [4.69, 9.17) is 5.73 Å². The van der Waals surface area contributed by atoms with Crippen LogP contribution >= 0.6 is 0 Å². The van der Waals surface area contributed by atoms with Crippen molar-refractivity contribution in [3.8, 4) is 0 Å². The van der Waals surface area contributed by atoms with Crippen molar-refractivity contribution in [2.45, 2.75) is 32.7 Å². The first-order valence-electron chi connectivity index (χ1n) is 5.29. The van der Waals surface area contributed by atoms with E-state index in [9.17, 15) is 9.59 Å². The van der Waals surface area contributed by atoms with Gasteiger partial charge < -0.3 is 16.0 Å². The molecule has 0 rings (SSSR count). The number of amides is 2. The van der Waals surface area contributed by atoms with Crippen LogP contribution in [0.25, 0.3) is 0 Å². The van der Waals surface area contributed by atoms with Crippen LogP contribution in [0, 0.1) is 0 Å². The Kier molecular flexibility index (Phi) is 6.70. The Bertz CT molecular complexity index is 219. The van der Waals surface area contributed by atoms with Crippen LogP contribution in [0.4, 0.5) is 0 Å². The molecular formula is C10H21N3O2. The van der Waals surface area contributed by atoms with Gasteiger partial charge in [0.2, 0.25) is 11.8 Å². The summed E-state index contributed by atoms with van der Waals surface area (Å²) in [6, 6.07) is -0.115. The molecule has 0 bridgehead atoms. The van der Waals surface area contributed by atoms with E-state index in [1.54, 1.807) is 7.05 Å². The molecule has 5 nitrogen and oxygen atoms in total. The Labute approximate surface area is 91.0 Å². The number of rotatable bonds is 6. The van der Waals surface area contributed by atoms with Gasteiger partial charge >= 0.3 is 0 Å². The van der Waals surface area contributed by atoms with E-state index in [0.717, 1.165) is 6.42 Å². The summed E-state index contributed by atoms with van der Waals surface area (Å²) in [5.41, 5.74) is 5.68. The lowest BCUT2D eigenvalue weighted by Crippen LogP contribution is -2.41. The van der Waals surface area contributed by atoms with Crippen molar-refractivity contribution in [1.82, 2.24) is 10.2 Å². The molecule has 1 unspecified atom stereocenters. The molecule has 1 atom stereocenters. The second-order valence-electron chi connectivity index (χ2n) is 3.45. The molecule has 0 aromatic rings. The Morgan fingerprint density at radius 2 is 2.00 bits per heavy atom. The molecule has 0 aliphatic heterocycles. The second-order valence-corrected chi connectivity index (χ2v) is 3.45. The highest BCUT2D eigenvalue weighted by molar-refractivity contribution is 5.84. The van der Waals surface area contributed by atoms with Crippen LogP contribution in [-0.2, 0) is 9.59 Å². The number of hydrogen-bond donors (Lipinski definition) is 2. The van der Waals surface area contributed by atoms with Crippen molar-refractivity contribution in [1.29, 1.82) is 0 Å². The molecule has 0 fully saturated rings. The van der Waals surface area contributed by atoms with Crippen molar-refractivity contribution in [2.24, 2.45) is 5.73 Å². The molecular weight excluding hydrogens is 194 g/mol. The zero-order chi connectivity index (χ0) is 11.8. The molecule has 15 heavy (non-hydrogen) atoms. The van der Waals surface area contributed by atoms with Crippen molar-refractivity contribution in [2.75, 3.05) is 20.1 Å². The summed E-state index contributed by atoms with van der Waals surface area (Å²) in [6.07, 6.45) is 1.07. The Balaban J connectivity index is 4.16. The SMILES string of the molecule is CCC(N)CC(=O)N(CC)CC(=O)NC. The molecule has 0 spiro atoms. The molecule has 0 radical (unpaired) electrons. The smallest absolute Gasteiger partial charge is 0.239 e. The summed E-state index contributed by atoms with van der Waals surface area (Å²) in [4.78, 5) is 24.3. The van der Waals surface area contributed by atoms with Crippen molar-refractivity contribution in [3.63, 3.8) is 0 Å². The normalized spacial score (nSPS) is 12.0. The maximum Gasteiger partial charge on any atom is 0.239 e. The number of carbonyl (C=O) groups is 2. The van der Waals surface area contributed by atoms with E-state index in [-0.39, 0.29) is 24.4 Å². The van der Waals surface area contributed by atoms with E-state index >= 15 is 0 Å². The van der Waals surface area contributed by atoms with Crippen molar-refractivity contribution < 1.29 is 9.59 Å². The van der Waals surface area contributed by atoms with Gasteiger partial charge in [0.25, 0.3) is 0 Å². The van der Waals surface area contributed by atoms with Gasteiger partial charge in [0, 0.05) is 26.1 Å². The molecule has 0 aliphatic carbocycles. The number of nitrogens with one attached hydrogen (secondary N) is 1. The van der Waals surface area contributed by atoms with Gasteiger partial charge in [0.15, 0.2) is 0 Å². The monoisotopic (exact) mass is 215 g/mol. The molecule has 0 heterocycles. The summed E-state index contributed by atoms with van der Waals surface area (Å²) >= 11 is 0. The molecule has 0 saturated carbocycles. The molecule has 2 amide bonds. The predicted octanol–water partition coefficient (Wildman–Crippen LogP) is -0.292. The highest BCUT2D eigenvalue weighted by atomic mass is 16.2. The average Bonchev–Trinajstić information content (AvgIpc) is 2.24. The molecule has 0 saturated heterocycles. The third kappa shape index (κ3) is 5.37. The third-order valence-corrected chi connectivity index (χ3v) is 2.31. The van der Waals surface area contributed by atoms with E-state index in [0.29, 0.717) is 13.0 Å². The van der Waals surface area contributed by atoms with Gasteiger partial charge in [-0.05, 0) is 13.3 Å². The third-order valence-electron chi connectivity index (χ3n) is 2.31. The highest BCUT2D eigenvalue weighted by Crippen LogP contribution is 1.99. The Hall–Kier alpha value is -1.10. The summed E-state index contributed by atoms with van der Waals surface area (Å²) in [6.45, 7) is 4.43. The Morgan fingerprint density at radius 3 is 2.40 bits per heavy atom. The number of hydrogen-bond acceptors (Lipinski definition) is 3. The van der Waals surface area contributed by atoms with Crippen molar-refractivity contribution in [3.05, 3.63) is 0 Å². The number of likely N-dealkylation sites (N-methyl/N-ethyl adjacent to an activating group) is 2. The van der Waals surface area contributed by atoms with E-state index < -0.39 is 0 Å². The van der Waals surface area contributed by atoms with Crippen LogP contribution in [0.2, 0.25) is 0 Å². The van der Waals surface area contributed by atoms with Crippen LogP contribution in [0.3, 0.4) is 0 Å². The summed E-state index contributed by atoms with van der Waals surface area (Å²) in [7, 11) is 1.55. The largest absolute Gasteiger partial charge is 0.358 e. The van der Waals surface area contributed by atoms with Gasteiger partial charge in [0.05, 0.1) is 6.54 Å². The van der Waals surface area contributed by atoms with Gasteiger partial charge in [-0.15, -0.1) is 0 Å². The zero-order valence-electron chi connectivity index (χ0n) is 9.75. The number of nitrogens with zero attached hydrogens (tertiary/aromatic N) is 1. The first-order chi connectivity index (χ1) is 7.04. The standard InChI is InChI=1S/C10H21N3O2/c1-4-8(11)6-10(15)13(5-2)7-9(14)12-3/h8H,4-7,11H2,1-3H3,(H,12,14). The first kappa shape index (κ1) is 13.9. The van der Waals surface area contributed by atoms with Crippen LogP contribution < -0.4 is 11.1 Å². The minimum atomic E-state index is -0.157. The van der Waals surface area contributed by atoms with Crippen LogP contribution in [0.5, 0.6) is 0 Å². The lowest BCUT2D eigenvalue weighted by molar-refractivity contribution is -0.136. The average molecular weight is 215 g/mol. The van der Waals surface area contributed by atoms with Crippen LogP contribution in [0.15, 0.2) is 0 Å². The van der Waals surface area contributed by atoms with Crippen LogP contribution in [0.1, 0.15) is 26.7 Å². The number of nitrogens with two attached hydrogens (primary N) is 1. The molecule has 5 heteroatoms. The van der Waals surface area contributed by atoms with E-state index in [1.807, 2.05) is 13.8 Å². The fraction of sp³-hybridized carbons (Fsp3) is 0.800. The summed E-state index contributed by atoms with van der Waals surface area (Å²) in [5, 5.41) is 2.49. The first-order valence-corrected chi connectivity index (χ1v) is 5.29. The maximum absolute atomic E-state index is 11.7. The fourth-order valence-electron chi connectivity index (χ4n) is 1.13. The number of carbonyl (C=O) groups excluding carboxylic acids is 2. The maximum atomic E-state index is 11.7. The predicted molar refractivity (Wildman–Crippen MR) is 59.2 cm³/mol.